The van der Waals surface area contributed by atoms with Gasteiger partial charge in [0.05, 0.1) is 5.69 Å². The van der Waals surface area contributed by atoms with Crippen molar-refractivity contribution in [3.05, 3.63) is 90.3 Å². The van der Waals surface area contributed by atoms with Crippen LogP contribution < -0.4 is 15.0 Å². The van der Waals surface area contributed by atoms with Crippen LogP contribution in [0.2, 0.25) is 0 Å². The number of aromatic nitrogens is 3. The van der Waals surface area contributed by atoms with Gasteiger partial charge in [0.25, 0.3) is 0 Å². The minimum Gasteiger partial charge on any atom is -0.406 e. The summed E-state index contributed by atoms with van der Waals surface area (Å²) in [6, 6.07) is 20.5. The van der Waals surface area contributed by atoms with Crippen molar-refractivity contribution in [1.82, 2.24) is 20.1 Å². The molecule has 1 aromatic heterocycles. The monoisotopic (exact) mass is 580 g/mol. The summed E-state index contributed by atoms with van der Waals surface area (Å²) in [5.74, 6) is 1.35. The lowest BCUT2D eigenvalue weighted by Crippen LogP contribution is -2.28. The van der Waals surface area contributed by atoms with E-state index in [4.69, 9.17) is 0 Å². The van der Waals surface area contributed by atoms with E-state index in [1.807, 2.05) is 36.4 Å². The van der Waals surface area contributed by atoms with Gasteiger partial charge in [0.15, 0.2) is 11.0 Å². The zero-order valence-electron chi connectivity index (χ0n) is 22.3. The summed E-state index contributed by atoms with van der Waals surface area (Å²) in [6.45, 7) is 5.40. The van der Waals surface area contributed by atoms with Crippen molar-refractivity contribution in [1.29, 1.82) is 0 Å². The van der Waals surface area contributed by atoms with E-state index in [9.17, 15) is 18.0 Å². The molecule has 212 valence electrons. The predicted octanol–water partition coefficient (Wildman–Crippen LogP) is 6.78. The molecule has 1 fully saturated rings. The second kappa shape index (κ2) is 12.0. The Morgan fingerprint density at radius 1 is 1.07 bits per heavy atom. The van der Waals surface area contributed by atoms with Gasteiger partial charge in [0, 0.05) is 30.1 Å². The molecule has 2 heterocycles. The third-order valence-electron chi connectivity index (χ3n) is 6.31. The maximum atomic E-state index is 12.7. The van der Waals surface area contributed by atoms with E-state index in [2.05, 4.69) is 56.0 Å². The molecule has 0 aliphatic carbocycles. The first kappa shape index (κ1) is 28.2. The molecule has 1 saturated heterocycles. The van der Waals surface area contributed by atoms with Gasteiger partial charge in [0.1, 0.15) is 12.1 Å². The second-order valence-electron chi connectivity index (χ2n) is 9.52. The highest BCUT2D eigenvalue weighted by atomic mass is 32.2. The Bertz CT molecular complexity index is 1540. The molecule has 41 heavy (non-hydrogen) atoms. The van der Waals surface area contributed by atoms with Gasteiger partial charge < -0.3 is 15.0 Å². The third-order valence-corrected chi connectivity index (χ3v) is 7.26. The number of halogens is 3. The highest BCUT2D eigenvalue weighted by Crippen LogP contribution is 2.32. The highest BCUT2D eigenvalue weighted by molar-refractivity contribution is 8.14. The number of hydrogen-bond acceptors (Lipinski definition) is 5. The van der Waals surface area contributed by atoms with Crippen molar-refractivity contribution in [3.63, 3.8) is 0 Å². The molecule has 0 radical (unpaired) electrons. The third kappa shape index (κ3) is 7.07. The van der Waals surface area contributed by atoms with Crippen molar-refractivity contribution in [2.24, 2.45) is 4.99 Å². The number of benzene rings is 3. The molecule has 2 amide bonds. The van der Waals surface area contributed by atoms with Gasteiger partial charge in [-0.3, -0.25) is 0 Å². The molecule has 1 aliphatic rings. The molecule has 0 atom stereocenters. The lowest BCUT2D eigenvalue weighted by atomic mass is 10.0. The molecule has 0 bridgehead atoms. The lowest BCUT2D eigenvalue weighted by molar-refractivity contribution is -0.274. The highest BCUT2D eigenvalue weighted by Gasteiger charge is 2.31. The minimum atomic E-state index is -4.75. The fourth-order valence-corrected chi connectivity index (χ4v) is 5.28. The molecule has 5 rings (SSSR count). The number of amides is 2. The van der Waals surface area contributed by atoms with E-state index in [0.717, 1.165) is 29.1 Å². The number of para-hydroxylation sites is 1. The fourth-order valence-electron chi connectivity index (χ4n) is 4.34. The first-order valence-corrected chi connectivity index (χ1v) is 13.9. The Morgan fingerprint density at radius 3 is 2.51 bits per heavy atom. The number of anilines is 1. The topological polar surface area (TPSA) is 84.6 Å². The molecule has 12 heteroatoms. The fraction of sp³-hybridized carbons (Fsp3) is 0.241. The molecular formula is C29H27F3N6O2S. The van der Waals surface area contributed by atoms with Crippen LogP contribution in [0.25, 0.3) is 17.1 Å². The van der Waals surface area contributed by atoms with Gasteiger partial charge >= 0.3 is 12.4 Å². The first-order valence-electron chi connectivity index (χ1n) is 12.9. The molecule has 0 spiro atoms. The Labute approximate surface area is 239 Å². The van der Waals surface area contributed by atoms with Gasteiger partial charge in [-0.15, -0.1) is 18.3 Å². The number of aliphatic imine (C=N–C) groups is 1. The normalized spacial score (nSPS) is 14.6. The van der Waals surface area contributed by atoms with Crippen molar-refractivity contribution in [2.45, 2.75) is 32.7 Å². The molecule has 0 saturated carbocycles. The van der Waals surface area contributed by atoms with Crippen LogP contribution in [0.15, 0.2) is 84.1 Å². The number of carbonyl (C=O) groups excluding carboxylic acids is 1. The zero-order valence-corrected chi connectivity index (χ0v) is 23.1. The van der Waals surface area contributed by atoms with E-state index in [1.54, 1.807) is 11.8 Å². The number of nitrogens with zero attached hydrogens (tertiary/aromatic N) is 5. The molecular weight excluding hydrogens is 553 g/mol. The second-order valence-corrected chi connectivity index (χ2v) is 10.6. The van der Waals surface area contributed by atoms with E-state index in [-0.39, 0.29) is 5.75 Å². The maximum absolute atomic E-state index is 12.7. The summed E-state index contributed by atoms with van der Waals surface area (Å²) in [6.07, 6.45) is -3.27. The van der Waals surface area contributed by atoms with Crippen LogP contribution in [0.1, 0.15) is 30.9 Å². The van der Waals surface area contributed by atoms with Crippen molar-refractivity contribution < 1.29 is 22.7 Å². The SMILES string of the molecule is CC(C)c1ccccc1N1CCS/C1=N\C(=O)NCc1ccc(-c2ncn(-c3ccc(OC(F)(F)F)cc3)n2)cc1. The number of hydrogen-bond donors (Lipinski definition) is 1. The zero-order chi connectivity index (χ0) is 29.0. The summed E-state index contributed by atoms with van der Waals surface area (Å²) in [4.78, 5) is 23.4. The van der Waals surface area contributed by atoms with Gasteiger partial charge in [-0.05, 0) is 47.4 Å². The van der Waals surface area contributed by atoms with E-state index < -0.39 is 12.4 Å². The Balaban J connectivity index is 1.19. The summed E-state index contributed by atoms with van der Waals surface area (Å²) in [5, 5.41) is 7.96. The number of thioether (sulfide) groups is 1. The molecule has 3 aromatic carbocycles. The van der Waals surface area contributed by atoms with Crippen molar-refractivity contribution in [3.8, 4) is 22.8 Å². The molecule has 4 aromatic rings. The molecule has 0 unspecified atom stereocenters. The summed E-state index contributed by atoms with van der Waals surface area (Å²) >= 11 is 1.57. The van der Waals surface area contributed by atoms with Crippen LogP contribution in [0.4, 0.5) is 23.7 Å². The Kier molecular flexibility index (Phi) is 8.29. The van der Waals surface area contributed by atoms with Crippen LogP contribution in [0.3, 0.4) is 0 Å². The van der Waals surface area contributed by atoms with Gasteiger partial charge in [-0.2, -0.15) is 4.99 Å². The number of amidine groups is 1. The number of alkyl halides is 3. The van der Waals surface area contributed by atoms with Gasteiger partial charge in [0.2, 0.25) is 0 Å². The summed E-state index contributed by atoms with van der Waals surface area (Å²) in [7, 11) is 0. The van der Waals surface area contributed by atoms with Crippen LogP contribution in [0.5, 0.6) is 5.75 Å². The van der Waals surface area contributed by atoms with Crippen LogP contribution >= 0.6 is 11.8 Å². The molecule has 1 aliphatic heterocycles. The average Bonchev–Trinajstić information content (AvgIpc) is 3.62. The largest absolute Gasteiger partial charge is 0.573 e. The molecule has 1 N–H and O–H groups in total. The van der Waals surface area contributed by atoms with Crippen molar-refractivity contribution in [2.75, 3.05) is 17.2 Å². The van der Waals surface area contributed by atoms with Crippen LogP contribution in [-0.2, 0) is 6.54 Å². The van der Waals surface area contributed by atoms with Gasteiger partial charge in [-0.1, -0.05) is 68.1 Å². The summed E-state index contributed by atoms with van der Waals surface area (Å²) < 4.78 is 42.5. The number of rotatable bonds is 7. The van der Waals surface area contributed by atoms with Gasteiger partial charge in [-0.25, -0.2) is 14.5 Å². The van der Waals surface area contributed by atoms with E-state index in [0.29, 0.717) is 29.1 Å². The number of carbonyl (C=O) groups is 1. The Hall–Kier alpha value is -4.32. The minimum absolute atomic E-state index is 0.303. The summed E-state index contributed by atoms with van der Waals surface area (Å²) in [5.41, 5.74) is 4.46. The Morgan fingerprint density at radius 2 is 1.80 bits per heavy atom. The smallest absolute Gasteiger partial charge is 0.406 e. The number of ether oxygens (including phenoxy) is 1. The lowest BCUT2D eigenvalue weighted by Gasteiger charge is -2.23. The average molecular weight is 581 g/mol. The predicted molar refractivity (Wildman–Crippen MR) is 153 cm³/mol. The van der Waals surface area contributed by atoms with E-state index in [1.165, 1.54) is 40.8 Å². The van der Waals surface area contributed by atoms with Crippen molar-refractivity contribution >= 4 is 28.6 Å². The first-order chi connectivity index (χ1) is 19.7. The quantitative estimate of drug-likeness (QED) is 0.260. The van der Waals surface area contributed by atoms with Crippen LogP contribution in [0, 0.1) is 0 Å². The number of nitrogens with one attached hydrogen (secondary N) is 1. The maximum Gasteiger partial charge on any atom is 0.573 e. The molecule has 8 nitrogen and oxygen atoms in total. The van der Waals surface area contributed by atoms with E-state index >= 15 is 0 Å². The standard InChI is InChI=1S/C29H27F3N6O2S/c1-19(2)24-5-3-4-6-25(24)37-15-16-41-28(37)35-27(39)33-17-20-7-9-21(10-8-20)26-34-18-38(36-26)22-11-13-23(14-12-22)40-29(30,31)32/h3-14,18-19H,15-17H2,1-2H3,(H,33,39)/b35-28-. The number of urea groups is 1. The van der Waals surface area contributed by atoms with Crippen LogP contribution in [-0.4, -0.2) is 44.6 Å².